The third-order valence-corrected chi connectivity index (χ3v) is 5.45. The maximum Gasteiger partial charge on any atom is 0.316 e. The molecule has 2 bridgehead atoms. The monoisotopic (exact) mass is 377 g/mol. The fourth-order valence-corrected chi connectivity index (χ4v) is 4.15. The molecule has 0 saturated heterocycles. The Kier molecular flexibility index (Phi) is 6.57. The molecule has 0 amide bonds. The van der Waals surface area contributed by atoms with Crippen LogP contribution >= 0.6 is 12.4 Å². The van der Waals surface area contributed by atoms with Crippen molar-refractivity contribution in [3.63, 3.8) is 0 Å². The van der Waals surface area contributed by atoms with E-state index in [1.807, 2.05) is 39.0 Å². The van der Waals surface area contributed by atoms with Crippen LogP contribution in [0.4, 0.5) is 0 Å². The maximum absolute atomic E-state index is 12.2. The topological polar surface area (TPSA) is 29.5 Å². The molecule has 4 heteroatoms. The van der Waals surface area contributed by atoms with Crippen molar-refractivity contribution < 1.29 is 9.53 Å². The zero-order valence-corrected chi connectivity index (χ0v) is 17.4. The van der Waals surface area contributed by atoms with Crippen LogP contribution in [0.5, 0.6) is 5.75 Å². The van der Waals surface area contributed by atoms with Gasteiger partial charge in [0.05, 0.1) is 5.41 Å². The highest BCUT2D eigenvalue weighted by atomic mass is 35.5. The van der Waals surface area contributed by atoms with Crippen molar-refractivity contribution in [3.05, 3.63) is 35.9 Å². The molecule has 3 rings (SSSR count). The first-order valence-corrected chi connectivity index (χ1v) is 9.43. The van der Waals surface area contributed by atoms with Gasteiger partial charge in [-0.05, 0) is 95.2 Å². The first-order valence-electron chi connectivity index (χ1n) is 9.43. The zero-order chi connectivity index (χ0) is 18.2. The summed E-state index contributed by atoms with van der Waals surface area (Å²) in [4.78, 5) is 14.5. The summed E-state index contributed by atoms with van der Waals surface area (Å²) >= 11 is 0. The van der Waals surface area contributed by atoms with Gasteiger partial charge in [0, 0.05) is 6.54 Å². The van der Waals surface area contributed by atoms with Crippen molar-refractivity contribution >= 4 is 23.9 Å². The molecule has 3 nitrogen and oxygen atoms in total. The number of hydrogen-bond donors (Lipinski definition) is 0. The molecule has 2 aliphatic carbocycles. The molecule has 1 aromatic carbocycles. The molecule has 26 heavy (non-hydrogen) atoms. The van der Waals surface area contributed by atoms with Gasteiger partial charge < -0.3 is 9.64 Å². The standard InChI is InChI=1S/C22H31NO2.ClH/c1-22(2,3)21(24)25-18-8-6-7-16(13-18)19-12-15-9-10-17(11-15)20(19)14-23(4)5;/h6-8,12-13,15,17,20H,9-11,14H2,1-5H3;1H. The fourth-order valence-electron chi connectivity index (χ4n) is 4.15. The number of hydrogen-bond acceptors (Lipinski definition) is 3. The van der Waals surface area contributed by atoms with Gasteiger partial charge in [-0.1, -0.05) is 18.2 Å². The summed E-state index contributed by atoms with van der Waals surface area (Å²) in [5.41, 5.74) is 2.16. The predicted molar refractivity (Wildman–Crippen MR) is 110 cm³/mol. The van der Waals surface area contributed by atoms with Gasteiger partial charge in [0.2, 0.25) is 0 Å². The minimum atomic E-state index is -0.493. The summed E-state index contributed by atoms with van der Waals surface area (Å²) in [5, 5.41) is 0. The average Bonchev–Trinajstić information content (AvgIpc) is 2.92. The second-order valence-electron chi connectivity index (χ2n) is 8.99. The Labute approximate surface area is 164 Å². The SMILES string of the molecule is CN(C)CC1C(c2cccc(OC(=O)C(C)(C)C)c2)=CC2CCC1C2.Cl. The summed E-state index contributed by atoms with van der Waals surface area (Å²) in [7, 11) is 4.31. The Morgan fingerprint density at radius 1 is 1.23 bits per heavy atom. The lowest BCUT2D eigenvalue weighted by Crippen LogP contribution is -2.29. The number of benzene rings is 1. The summed E-state index contributed by atoms with van der Waals surface area (Å²) < 4.78 is 5.62. The molecule has 0 aromatic heterocycles. The van der Waals surface area contributed by atoms with Crippen LogP contribution in [0.2, 0.25) is 0 Å². The van der Waals surface area contributed by atoms with Crippen molar-refractivity contribution in [2.24, 2.45) is 23.2 Å². The van der Waals surface area contributed by atoms with Crippen LogP contribution in [0.25, 0.3) is 5.57 Å². The van der Waals surface area contributed by atoms with E-state index in [4.69, 9.17) is 4.74 Å². The van der Waals surface area contributed by atoms with Gasteiger partial charge in [0.1, 0.15) is 5.75 Å². The van der Waals surface area contributed by atoms with Crippen molar-refractivity contribution in [3.8, 4) is 5.75 Å². The quantitative estimate of drug-likeness (QED) is 0.543. The molecule has 1 fully saturated rings. The lowest BCUT2D eigenvalue weighted by atomic mass is 9.76. The molecular weight excluding hydrogens is 346 g/mol. The van der Waals surface area contributed by atoms with Crippen LogP contribution in [0.15, 0.2) is 30.3 Å². The van der Waals surface area contributed by atoms with Crippen molar-refractivity contribution in [2.45, 2.75) is 40.0 Å². The van der Waals surface area contributed by atoms with Crippen molar-refractivity contribution in [1.82, 2.24) is 4.90 Å². The highest BCUT2D eigenvalue weighted by Crippen LogP contribution is 2.48. The normalized spacial score (nSPS) is 24.8. The zero-order valence-electron chi connectivity index (χ0n) is 16.6. The molecule has 0 radical (unpaired) electrons. The van der Waals surface area contributed by atoms with Crippen LogP contribution in [-0.2, 0) is 4.79 Å². The average molecular weight is 378 g/mol. The van der Waals surface area contributed by atoms with Gasteiger partial charge in [0.15, 0.2) is 0 Å². The van der Waals surface area contributed by atoms with Crippen LogP contribution in [-0.4, -0.2) is 31.5 Å². The van der Waals surface area contributed by atoms with E-state index in [0.717, 1.165) is 18.4 Å². The Bertz CT molecular complexity index is 675. The van der Waals surface area contributed by atoms with Gasteiger partial charge in [-0.3, -0.25) is 4.79 Å². The van der Waals surface area contributed by atoms with Gasteiger partial charge in [0.25, 0.3) is 0 Å². The Hall–Kier alpha value is -1.32. The molecule has 0 spiro atoms. The molecule has 1 saturated carbocycles. The number of carbonyl (C=O) groups is 1. The number of nitrogens with zero attached hydrogens (tertiary/aromatic N) is 1. The van der Waals surface area contributed by atoms with Crippen LogP contribution < -0.4 is 4.74 Å². The molecule has 144 valence electrons. The lowest BCUT2D eigenvalue weighted by Gasteiger charge is -2.33. The summed E-state index contributed by atoms with van der Waals surface area (Å²) in [6.07, 6.45) is 6.47. The number of esters is 1. The van der Waals surface area contributed by atoms with Gasteiger partial charge in [-0.15, -0.1) is 12.4 Å². The van der Waals surface area contributed by atoms with E-state index in [1.165, 1.54) is 30.4 Å². The van der Waals surface area contributed by atoms with E-state index >= 15 is 0 Å². The molecular formula is C22H32ClNO2. The number of ether oxygens (including phenoxy) is 1. The number of allylic oxidation sites excluding steroid dienone is 1. The Morgan fingerprint density at radius 3 is 2.62 bits per heavy atom. The third-order valence-electron chi connectivity index (χ3n) is 5.45. The number of fused-ring (bicyclic) bond motifs is 2. The molecule has 0 heterocycles. The fraction of sp³-hybridized carbons (Fsp3) is 0.591. The molecule has 0 N–H and O–H groups in total. The minimum absolute atomic E-state index is 0. The second kappa shape index (κ2) is 8.14. The molecule has 2 aliphatic rings. The molecule has 3 atom stereocenters. The van der Waals surface area contributed by atoms with Crippen LogP contribution in [0.3, 0.4) is 0 Å². The Morgan fingerprint density at radius 2 is 1.96 bits per heavy atom. The highest BCUT2D eigenvalue weighted by molar-refractivity contribution is 5.85. The summed E-state index contributed by atoms with van der Waals surface area (Å²) in [5.74, 6) is 2.54. The van der Waals surface area contributed by atoms with E-state index in [-0.39, 0.29) is 18.4 Å². The molecule has 3 unspecified atom stereocenters. The van der Waals surface area contributed by atoms with E-state index in [1.54, 1.807) is 0 Å². The van der Waals surface area contributed by atoms with Crippen molar-refractivity contribution in [1.29, 1.82) is 0 Å². The van der Waals surface area contributed by atoms with E-state index in [2.05, 4.69) is 31.1 Å². The second-order valence-corrected chi connectivity index (χ2v) is 8.99. The Balaban J connectivity index is 0.00000243. The van der Waals surface area contributed by atoms with E-state index in [9.17, 15) is 4.79 Å². The number of halogens is 1. The van der Waals surface area contributed by atoms with Gasteiger partial charge >= 0.3 is 5.97 Å². The smallest absolute Gasteiger partial charge is 0.316 e. The molecule has 1 aromatic rings. The van der Waals surface area contributed by atoms with Crippen LogP contribution in [0, 0.1) is 23.2 Å². The van der Waals surface area contributed by atoms with Gasteiger partial charge in [-0.2, -0.15) is 0 Å². The van der Waals surface area contributed by atoms with E-state index in [0.29, 0.717) is 11.7 Å². The lowest BCUT2D eigenvalue weighted by molar-refractivity contribution is -0.142. The number of carbonyl (C=O) groups excluding carboxylic acids is 1. The van der Waals surface area contributed by atoms with E-state index < -0.39 is 5.41 Å². The maximum atomic E-state index is 12.2. The van der Waals surface area contributed by atoms with Crippen molar-refractivity contribution in [2.75, 3.05) is 20.6 Å². The predicted octanol–water partition coefficient (Wildman–Crippen LogP) is 5.05. The highest BCUT2D eigenvalue weighted by Gasteiger charge is 2.37. The third kappa shape index (κ3) is 4.69. The first-order chi connectivity index (χ1) is 11.7. The number of rotatable bonds is 4. The summed E-state index contributed by atoms with van der Waals surface area (Å²) in [6, 6.07) is 8.09. The first kappa shape index (κ1) is 21.0. The minimum Gasteiger partial charge on any atom is -0.426 e. The summed E-state index contributed by atoms with van der Waals surface area (Å²) in [6.45, 7) is 6.73. The van der Waals surface area contributed by atoms with Crippen LogP contribution in [0.1, 0.15) is 45.6 Å². The largest absolute Gasteiger partial charge is 0.426 e. The van der Waals surface area contributed by atoms with Gasteiger partial charge in [-0.25, -0.2) is 0 Å². The molecule has 0 aliphatic heterocycles.